The molecule has 160 valence electrons. The lowest BCUT2D eigenvalue weighted by Crippen LogP contribution is -2.55. The first-order chi connectivity index (χ1) is 12.8. The van der Waals surface area contributed by atoms with Gasteiger partial charge in [-0.15, -0.1) is 0 Å². The van der Waals surface area contributed by atoms with Crippen molar-refractivity contribution in [3.8, 4) is 0 Å². The van der Waals surface area contributed by atoms with Crippen LogP contribution >= 0.6 is 8.03 Å². The van der Waals surface area contributed by atoms with Crippen molar-refractivity contribution in [3.63, 3.8) is 0 Å². The van der Waals surface area contributed by atoms with Crippen LogP contribution < -0.4 is 4.89 Å². The fraction of sp³-hybridized carbons (Fsp3) is 0.913. The molecule has 0 N–H and O–H groups in total. The van der Waals surface area contributed by atoms with Gasteiger partial charge in [0.15, 0.2) is 0 Å². The lowest BCUT2D eigenvalue weighted by Gasteiger charge is -2.39. The van der Waals surface area contributed by atoms with E-state index in [1.165, 1.54) is 64.2 Å². The lowest BCUT2D eigenvalue weighted by molar-refractivity contribution is -0.910. The summed E-state index contributed by atoms with van der Waals surface area (Å²) < 4.78 is 12.6. The van der Waals surface area contributed by atoms with Crippen molar-refractivity contribution in [1.82, 2.24) is 0 Å². The molecule has 2 atom stereocenters. The van der Waals surface area contributed by atoms with E-state index in [1.54, 1.807) is 0 Å². The van der Waals surface area contributed by atoms with Crippen LogP contribution in [0.1, 0.15) is 110 Å². The summed E-state index contributed by atoms with van der Waals surface area (Å²) in [5.74, 6) is 0. The van der Waals surface area contributed by atoms with Crippen molar-refractivity contribution < 1.29 is 13.9 Å². The maximum Gasteiger partial charge on any atom is 0.376 e. The Balaban J connectivity index is 3.84. The Hall–Kier alpha value is -0.240. The molecule has 0 aromatic heterocycles. The lowest BCUT2D eigenvalue weighted by atomic mass is 9.99. The summed E-state index contributed by atoms with van der Waals surface area (Å²) in [6, 6.07) is 0. The summed E-state index contributed by atoms with van der Waals surface area (Å²) in [7, 11) is 3.66. The smallest absolute Gasteiger partial charge is 0.376 e. The van der Waals surface area contributed by atoms with E-state index in [0.29, 0.717) is 4.48 Å². The molecule has 3 nitrogen and oxygen atoms in total. The maximum atomic E-state index is 12.0. The van der Waals surface area contributed by atoms with Crippen LogP contribution in [0.4, 0.5) is 0 Å². The van der Waals surface area contributed by atoms with Gasteiger partial charge in [-0.1, -0.05) is 75.5 Å². The second-order valence-electron chi connectivity index (χ2n) is 8.98. The van der Waals surface area contributed by atoms with E-state index in [2.05, 4.69) is 26.0 Å². The highest BCUT2D eigenvalue weighted by Gasteiger charge is 2.53. The van der Waals surface area contributed by atoms with Gasteiger partial charge in [-0.2, -0.15) is 0 Å². The molecule has 0 saturated carbocycles. The minimum Gasteiger partial charge on any atom is -0.590 e. The molecule has 0 heterocycles. The Bertz CT molecular complexity index is 404. The van der Waals surface area contributed by atoms with E-state index in [4.69, 9.17) is 0 Å². The Morgan fingerprint density at radius 3 is 1.67 bits per heavy atom. The molecule has 0 rings (SSSR count). The molecule has 2 unspecified atom stereocenters. The summed E-state index contributed by atoms with van der Waals surface area (Å²) >= 11 is 0. The van der Waals surface area contributed by atoms with Crippen molar-refractivity contribution >= 4 is 8.03 Å². The third-order valence-electron chi connectivity index (χ3n) is 5.83. The third kappa shape index (κ3) is 11.4. The maximum absolute atomic E-state index is 12.0. The van der Waals surface area contributed by atoms with Crippen molar-refractivity contribution in [1.29, 1.82) is 0 Å². The summed E-state index contributed by atoms with van der Waals surface area (Å²) in [5, 5.41) is -0.590. The van der Waals surface area contributed by atoms with Crippen LogP contribution in [0.2, 0.25) is 0 Å². The summed E-state index contributed by atoms with van der Waals surface area (Å²) in [6.07, 6.45) is 22.3. The zero-order valence-electron chi connectivity index (χ0n) is 19.0. The number of hydrogen-bond acceptors (Lipinski definition) is 2. The molecular formula is C23H47NO2P+. The topological polar surface area (TPSA) is 40.1 Å². The largest absolute Gasteiger partial charge is 0.590 e. The van der Waals surface area contributed by atoms with E-state index in [1.807, 2.05) is 21.1 Å². The van der Waals surface area contributed by atoms with Gasteiger partial charge in [0.2, 0.25) is 0 Å². The highest BCUT2D eigenvalue weighted by atomic mass is 31.1. The van der Waals surface area contributed by atoms with E-state index in [0.717, 1.165) is 32.1 Å². The van der Waals surface area contributed by atoms with E-state index in [9.17, 15) is 9.46 Å². The summed E-state index contributed by atoms with van der Waals surface area (Å²) in [5.41, 5.74) is 0. The molecule has 0 radical (unpaired) electrons. The van der Waals surface area contributed by atoms with Gasteiger partial charge < -0.3 is 4.89 Å². The van der Waals surface area contributed by atoms with Gasteiger partial charge >= 0.3 is 8.03 Å². The monoisotopic (exact) mass is 400 g/mol. The van der Waals surface area contributed by atoms with Crippen LogP contribution in [0.3, 0.4) is 0 Å². The number of allylic oxidation sites excluding steroid dienone is 2. The van der Waals surface area contributed by atoms with Gasteiger partial charge in [-0.3, -0.25) is 4.48 Å². The van der Waals surface area contributed by atoms with Crippen molar-refractivity contribution in [3.05, 3.63) is 12.2 Å². The summed E-state index contributed by atoms with van der Waals surface area (Å²) in [4.78, 5) is 12.0. The molecule has 0 spiro atoms. The van der Waals surface area contributed by atoms with Gasteiger partial charge in [-0.05, 0) is 38.5 Å². The predicted octanol–water partition coefficient (Wildman–Crippen LogP) is 6.94. The minimum atomic E-state index is -2.42. The second-order valence-corrected chi connectivity index (χ2v) is 10.3. The number of rotatable bonds is 18. The van der Waals surface area contributed by atoms with E-state index in [-0.39, 0.29) is 0 Å². The Kier molecular flexibility index (Phi) is 15.5. The van der Waals surface area contributed by atoms with Crippen molar-refractivity contribution in [2.24, 2.45) is 0 Å². The van der Waals surface area contributed by atoms with E-state index < -0.39 is 13.3 Å². The zero-order valence-corrected chi connectivity index (χ0v) is 19.9. The number of nitrogens with zero attached hydrogens (tertiary/aromatic N) is 1. The SMILES string of the molecule is CCCCCC=CCCCCCCCCCC(CCC)([P+](=O)[O-])[N+](C)(C)C. The molecular weight excluding hydrogens is 353 g/mol. The highest BCUT2D eigenvalue weighted by molar-refractivity contribution is 7.38. The molecule has 4 heteroatoms. The van der Waals surface area contributed by atoms with Gasteiger partial charge in [-0.25, -0.2) is 0 Å². The third-order valence-corrected chi connectivity index (χ3v) is 7.55. The normalized spacial score (nSPS) is 15.3. The van der Waals surface area contributed by atoms with Gasteiger partial charge in [0, 0.05) is 12.8 Å². The Morgan fingerprint density at radius 1 is 0.741 bits per heavy atom. The Labute approximate surface area is 171 Å². The van der Waals surface area contributed by atoms with Crippen LogP contribution in [-0.2, 0) is 4.57 Å². The quantitative estimate of drug-likeness (QED) is 0.108. The molecule has 0 bridgehead atoms. The van der Waals surface area contributed by atoms with Crippen LogP contribution in [-0.4, -0.2) is 30.9 Å². The number of unbranched alkanes of at least 4 members (excludes halogenated alkanes) is 10. The van der Waals surface area contributed by atoms with Crippen LogP contribution in [0, 0.1) is 0 Å². The van der Waals surface area contributed by atoms with Crippen molar-refractivity contribution in [2.75, 3.05) is 21.1 Å². The fourth-order valence-electron chi connectivity index (χ4n) is 3.93. The van der Waals surface area contributed by atoms with Crippen molar-refractivity contribution in [2.45, 2.75) is 115 Å². The summed E-state index contributed by atoms with van der Waals surface area (Å²) in [6.45, 7) is 4.34. The number of hydrogen-bond donors (Lipinski definition) is 0. The van der Waals surface area contributed by atoms with Gasteiger partial charge in [0.05, 0.1) is 21.1 Å². The molecule has 0 fully saturated rings. The molecule has 27 heavy (non-hydrogen) atoms. The number of quaternary nitrogens is 1. The second kappa shape index (κ2) is 15.7. The predicted molar refractivity (Wildman–Crippen MR) is 118 cm³/mol. The first-order valence-corrected chi connectivity index (χ1v) is 12.6. The average molecular weight is 401 g/mol. The molecule has 0 aliphatic carbocycles. The average Bonchev–Trinajstić information content (AvgIpc) is 2.59. The van der Waals surface area contributed by atoms with Gasteiger partial charge in [0.1, 0.15) is 0 Å². The van der Waals surface area contributed by atoms with Gasteiger partial charge in [0.25, 0.3) is 5.28 Å². The van der Waals surface area contributed by atoms with E-state index >= 15 is 0 Å². The highest BCUT2D eigenvalue weighted by Crippen LogP contribution is 2.45. The molecule has 0 saturated heterocycles. The molecule has 0 aromatic carbocycles. The van der Waals surface area contributed by atoms with Crippen LogP contribution in [0.25, 0.3) is 0 Å². The molecule has 0 aromatic rings. The van der Waals surface area contributed by atoms with Crippen LogP contribution in [0.15, 0.2) is 12.2 Å². The Morgan fingerprint density at radius 2 is 1.22 bits per heavy atom. The first kappa shape index (κ1) is 26.8. The molecule has 0 amide bonds. The minimum absolute atomic E-state index is 0.519. The molecule has 0 aliphatic heterocycles. The standard InChI is InChI=1S/C23H47NO2P/c1-6-8-9-10-11-12-13-14-15-16-17-18-19-20-22-23(21-7-2,27(25)26)24(3,4)5/h11-12H,6-10,13-22H2,1-5H3/q+1. The first-order valence-electron chi connectivity index (χ1n) is 11.4. The van der Waals surface area contributed by atoms with Crippen LogP contribution in [0.5, 0.6) is 0 Å². The fourth-order valence-corrected chi connectivity index (χ4v) is 5.16. The zero-order chi connectivity index (χ0) is 20.6. The molecule has 0 aliphatic rings.